The second-order valence-electron chi connectivity index (χ2n) is 5.56. The maximum atomic E-state index is 12.2. The van der Waals surface area contributed by atoms with E-state index in [-0.39, 0.29) is 12.5 Å². The SMILES string of the molecule is C=C=C=C(C#CC#CC#CC#COP(=O)(OC)OCCCCCCNC(C)=O)CC. The summed E-state index contributed by atoms with van der Waals surface area (Å²) in [6, 6.07) is 0. The molecule has 1 N–H and O–H groups in total. The van der Waals surface area contributed by atoms with E-state index in [0.29, 0.717) is 19.4 Å². The predicted molar refractivity (Wildman–Crippen MR) is 116 cm³/mol. The monoisotopic (exact) mass is 427 g/mol. The Labute approximate surface area is 179 Å². The first-order chi connectivity index (χ1) is 14.5. The second-order valence-corrected chi connectivity index (χ2v) is 7.26. The summed E-state index contributed by atoms with van der Waals surface area (Å²) in [5.41, 5.74) is 6.07. The van der Waals surface area contributed by atoms with Gasteiger partial charge >= 0.3 is 7.82 Å². The van der Waals surface area contributed by atoms with Gasteiger partial charge < -0.3 is 9.84 Å². The molecule has 0 aromatic heterocycles. The Hall–Kier alpha value is -3.04. The van der Waals surface area contributed by atoms with E-state index in [0.717, 1.165) is 24.8 Å². The number of amides is 1. The van der Waals surface area contributed by atoms with Crippen molar-refractivity contribution in [3.8, 4) is 47.5 Å². The number of allylic oxidation sites excluding steroid dienone is 1. The van der Waals surface area contributed by atoms with Crippen molar-refractivity contribution in [3.05, 3.63) is 23.6 Å². The van der Waals surface area contributed by atoms with Gasteiger partial charge in [0.1, 0.15) is 6.11 Å². The lowest BCUT2D eigenvalue weighted by Gasteiger charge is -2.12. The van der Waals surface area contributed by atoms with Crippen molar-refractivity contribution in [2.75, 3.05) is 20.3 Å². The van der Waals surface area contributed by atoms with E-state index >= 15 is 0 Å². The molecule has 0 aliphatic rings. The van der Waals surface area contributed by atoms with Gasteiger partial charge in [0, 0.05) is 38.3 Å². The first-order valence-electron chi connectivity index (χ1n) is 9.35. The van der Waals surface area contributed by atoms with Crippen molar-refractivity contribution in [1.29, 1.82) is 0 Å². The van der Waals surface area contributed by atoms with Crippen molar-refractivity contribution in [1.82, 2.24) is 5.32 Å². The van der Waals surface area contributed by atoms with Crippen molar-refractivity contribution < 1.29 is 22.9 Å². The average Bonchev–Trinajstić information content (AvgIpc) is 2.73. The molecule has 0 spiro atoms. The number of rotatable bonds is 11. The first kappa shape index (κ1) is 27.0. The fourth-order valence-corrected chi connectivity index (χ4v) is 2.53. The van der Waals surface area contributed by atoms with Crippen LogP contribution in [0.5, 0.6) is 0 Å². The Balaban J connectivity index is 4.31. The van der Waals surface area contributed by atoms with Crippen molar-refractivity contribution in [3.63, 3.8) is 0 Å². The van der Waals surface area contributed by atoms with Crippen LogP contribution < -0.4 is 5.32 Å². The molecule has 1 atom stereocenters. The lowest BCUT2D eigenvalue weighted by molar-refractivity contribution is -0.118. The molecule has 0 aliphatic carbocycles. The molecule has 0 saturated carbocycles. The maximum absolute atomic E-state index is 12.2. The third-order valence-electron chi connectivity index (χ3n) is 3.25. The number of hydrogen-bond acceptors (Lipinski definition) is 5. The zero-order valence-electron chi connectivity index (χ0n) is 17.6. The normalized spacial score (nSPS) is 10.4. The molecule has 7 heteroatoms. The molecule has 0 radical (unpaired) electrons. The average molecular weight is 427 g/mol. The van der Waals surface area contributed by atoms with Crippen LogP contribution in [0.15, 0.2) is 23.6 Å². The van der Waals surface area contributed by atoms with Crippen LogP contribution in [0.1, 0.15) is 46.0 Å². The standard InChI is InChI=1S/C23H26NO5P/c1-5-17-23(6-2)18-13-9-7-8-11-15-20-28-30(26,27-4)29-21-16-12-10-14-19-24-22(3)25/h1,6,10,12,14,16,19,21H2,2-4H3,(H,24,25). The molecule has 0 aromatic rings. The van der Waals surface area contributed by atoms with Gasteiger partial charge in [-0.05, 0) is 49.5 Å². The summed E-state index contributed by atoms with van der Waals surface area (Å²) in [4.78, 5) is 10.7. The smallest absolute Gasteiger partial charge is 0.356 e. The van der Waals surface area contributed by atoms with Gasteiger partial charge in [0.25, 0.3) is 0 Å². The lowest BCUT2D eigenvalue weighted by atomic mass is 10.2. The molecule has 0 aliphatic heterocycles. The Morgan fingerprint density at radius 1 is 1.03 bits per heavy atom. The van der Waals surface area contributed by atoms with Gasteiger partial charge in [0.15, 0.2) is 0 Å². The zero-order valence-corrected chi connectivity index (χ0v) is 18.5. The largest absolute Gasteiger partial charge is 0.538 e. The Morgan fingerprint density at radius 2 is 1.70 bits per heavy atom. The molecule has 0 heterocycles. The highest BCUT2D eigenvalue weighted by Crippen LogP contribution is 2.48. The Bertz CT molecular complexity index is 940. The molecule has 30 heavy (non-hydrogen) atoms. The highest BCUT2D eigenvalue weighted by Gasteiger charge is 2.25. The molecule has 158 valence electrons. The van der Waals surface area contributed by atoms with Crippen LogP contribution in [0.25, 0.3) is 0 Å². The second kappa shape index (κ2) is 18.0. The molecule has 6 nitrogen and oxygen atoms in total. The van der Waals surface area contributed by atoms with E-state index in [1.165, 1.54) is 14.0 Å². The van der Waals surface area contributed by atoms with Gasteiger partial charge in [-0.3, -0.25) is 13.8 Å². The molecule has 0 fully saturated rings. The lowest BCUT2D eigenvalue weighted by Crippen LogP contribution is -2.20. The Kier molecular flexibility index (Phi) is 16.2. The fraction of sp³-hybridized carbons (Fsp3) is 0.435. The van der Waals surface area contributed by atoms with E-state index in [9.17, 15) is 9.36 Å². The molecule has 0 bridgehead atoms. The van der Waals surface area contributed by atoms with E-state index in [1.54, 1.807) is 0 Å². The van der Waals surface area contributed by atoms with E-state index < -0.39 is 7.82 Å². The predicted octanol–water partition coefficient (Wildman–Crippen LogP) is 3.72. The number of phosphoric acid groups is 1. The minimum absolute atomic E-state index is 0.0389. The van der Waals surface area contributed by atoms with Crippen LogP contribution in [-0.4, -0.2) is 26.2 Å². The van der Waals surface area contributed by atoms with Gasteiger partial charge in [0.05, 0.1) is 12.2 Å². The number of unbranched alkanes of at least 4 members (excludes halogenated alkanes) is 3. The number of carbonyl (C=O) groups excluding carboxylic acids is 1. The minimum atomic E-state index is -3.74. The summed E-state index contributed by atoms with van der Waals surface area (Å²) < 4.78 is 27.0. The zero-order chi connectivity index (χ0) is 22.5. The van der Waals surface area contributed by atoms with E-state index in [1.807, 2.05) is 6.92 Å². The molecule has 1 amide bonds. The summed E-state index contributed by atoms with van der Waals surface area (Å²) in [6.07, 6.45) is 6.23. The quantitative estimate of drug-likeness (QED) is 0.236. The van der Waals surface area contributed by atoms with Gasteiger partial charge in [-0.15, -0.1) is 0 Å². The van der Waals surface area contributed by atoms with E-state index in [2.05, 4.69) is 70.9 Å². The molecular formula is C23H26NO5P. The van der Waals surface area contributed by atoms with Gasteiger partial charge in [-0.1, -0.05) is 31.2 Å². The van der Waals surface area contributed by atoms with Gasteiger partial charge in [-0.25, -0.2) is 4.57 Å². The Morgan fingerprint density at radius 3 is 2.33 bits per heavy atom. The molecule has 0 rings (SSSR count). The number of phosphoric ester groups is 1. The molecule has 0 aromatic carbocycles. The van der Waals surface area contributed by atoms with Crippen LogP contribution in [0.2, 0.25) is 0 Å². The first-order valence-corrected chi connectivity index (χ1v) is 10.8. The van der Waals surface area contributed by atoms with Gasteiger partial charge in [-0.2, -0.15) is 0 Å². The molecule has 0 saturated heterocycles. The van der Waals surface area contributed by atoms with Crippen LogP contribution in [0.3, 0.4) is 0 Å². The van der Waals surface area contributed by atoms with Crippen molar-refractivity contribution in [2.45, 2.75) is 46.0 Å². The molecule has 1 unspecified atom stereocenters. The van der Waals surface area contributed by atoms with Crippen LogP contribution in [-0.2, 0) is 22.9 Å². The summed E-state index contributed by atoms with van der Waals surface area (Å²) in [7, 11) is -2.53. The van der Waals surface area contributed by atoms with Crippen LogP contribution in [0.4, 0.5) is 0 Å². The van der Waals surface area contributed by atoms with Crippen LogP contribution in [0, 0.1) is 47.5 Å². The fourth-order valence-electron chi connectivity index (χ4n) is 1.79. The highest BCUT2D eigenvalue weighted by atomic mass is 31.2. The van der Waals surface area contributed by atoms with Crippen LogP contribution >= 0.6 is 7.82 Å². The summed E-state index contributed by atoms with van der Waals surface area (Å²) in [6.45, 7) is 7.71. The van der Waals surface area contributed by atoms with E-state index in [4.69, 9.17) is 13.6 Å². The van der Waals surface area contributed by atoms with Crippen molar-refractivity contribution in [2.24, 2.45) is 0 Å². The number of nitrogens with one attached hydrogen (secondary N) is 1. The third kappa shape index (κ3) is 16.0. The van der Waals surface area contributed by atoms with Gasteiger partial charge in [0.2, 0.25) is 5.91 Å². The number of carbonyl (C=O) groups is 1. The maximum Gasteiger partial charge on any atom is 0.538 e. The summed E-state index contributed by atoms with van der Waals surface area (Å²) >= 11 is 0. The highest BCUT2D eigenvalue weighted by molar-refractivity contribution is 7.48. The third-order valence-corrected chi connectivity index (χ3v) is 4.51. The topological polar surface area (TPSA) is 73.9 Å². The van der Waals surface area contributed by atoms with Crippen molar-refractivity contribution >= 4 is 13.7 Å². The molecular weight excluding hydrogens is 401 g/mol. The summed E-state index contributed by atoms with van der Waals surface area (Å²) in [5, 5.41) is 2.73. The number of hydrogen-bond donors (Lipinski definition) is 1. The minimum Gasteiger partial charge on any atom is -0.356 e. The summed E-state index contributed by atoms with van der Waals surface area (Å²) in [5.74, 6) is 17.7.